The van der Waals surface area contributed by atoms with E-state index in [0.29, 0.717) is 12.5 Å². The molecule has 1 heterocycles. The first kappa shape index (κ1) is 13.7. The lowest BCUT2D eigenvalue weighted by molar-refractivity contribution is 0.831. The maximum Gasteiger partial charge on any atom is 0.188 e. The van der Waals surface area contributed by atoms with E-state index in [4.69, 9.17) is 5.73 Å². The SMILES string of the molecule is C=C(C)CN=C(N)NCCc1csc(CC)n1. The second-order valence-electron chi connectivity index (χ2n) is 3.92. The monoisotopic (exact) mass is 252 g/mol. The van der Waals surface area contributed by atoms with Gasteiger partial charge < -0.3 is 11.1 Å². The van der Waals surface area contributed by atoms with Crippen LogP contribution in [0.4, 0.5) is 0 Å². The van der Waals surface area contributed by atoms with Gasteiger partial charge in [0, 0.05) is 18.3 Å². The number of nitrogens with zero attached hydrogens (tertiary/aromatic N) is 2. The Morgan fingerprint density at radius 3 is 3.00 bits per heavy atom. The standard InChI is InChI=1S/C12H20N4S/c1-4-11-16-10(8-17-11)5-6-14-12(13)15-7-9(2)3/h8H,2,4-7H2,1,3H3,(H3,13,14,15). The zero-order chi connectivity index (χ0) is 12.7. The molecule has 0 aromatic carbocycles. The molecule has 0 amide bonds. The first-order valence-corrected chi connectivity index (χ1v) is 6.61. The molecule has 94 valence electrons. The van der Waals surface area contributed by atoms with Crippen LogP contribution in [0.25, 0.3) is 0 Å². The van der Waals surface area contributed by atoms with Crippen molar-refractivity contribution in [3.05, 3.63) is 28.2 Å². The zero-order valence-electron chi connectivity index (χ0n) is 10.5. The van der Waals surface area contributed by atoms with Crippen LogP contribution in [0.3, 0.4) is 0 Å². The highest BCUT2D eigenvalue weighted by atomic mass is 32.1. The second kappa shape index (κ2) is 7.06. The fourth-order valence-corrected chi connectivity index (χ4v) is 2.00. The van der Waals surface area contributed by atoms with Crippen LogP contribution in [-0.4, -0.2) is 24.0 Å². The molecule has 0 aliphatic rings. The Kier molecular flexibility index (Phi) is 5.69. The number of nitrogens with one attached hydrogen (secondary N) is 1. The van der Waals surface area contributed by atoms with Crippen LogP contribution < -0.4 is 11.1 Å². The molecule has 0 spiro atoms. The maximum atomic E-state index is 5.70. The minimum Gasteiger partial charge on any atom is -0.370 e. The van der Waals surface area contributed by atoms with Crippen molar-refractivity contribution in [1.29, 1.82) is 0 Å². The molecule has 0 atom stereocenters. The summed E-state index contributed by atoms with van der Waals surface area (Å²) in [5, 5.41) is 6.35. The van der Waals surface area contributed by atoms with Gasteiger partial charge in [0.05, 0.1) is 17.2 Å². The molecule has 3 N–H and O–H groups in total. The Morgan fingerprint density at radius 1 is 1.65 bits per heavy atom. The van der Waals surface area contributed by atoms with E-state index in [2.05, 4.69) is 34.2 Å². The fourth-order valence-electron chi connectivity index (χ4n) is 1.22. The molecule has 5 heteroatoms. The van der Waals surface area contributed by atoms with E-state index < -0.39 is 0 Å². The number of hydrogen-bond donors (Lipinski definition) is 2. The third-order valence-electron chi connectivity index (χ3n) is 2.11. The molecule has 1 rings (SSSR count). The molecule has 0 radical (unpaired) electrons. The van der Waals surface area contributed by atoms with E-state index >= 15 is 0 Å². The van der Waals surface area contributed by atoms with E-state index in [1.165, 1.54) is 5.01 Å². The van der Waals surface area contributed by atoms with Gasteiger partial charge in [0.25, 0.3) is 0 Å². The van der Waals surface area contributed by atoms with Crippen LogP contribution >= 0.6 is 11.3 Å². The highest BCUT2D eigenvalue weighted by molar-refractivity contribution is 7.09. The molecule has 0 aliphatic carbocycles. The highest BCUT2D eigenvalue weighted by Crippen LogP contribution is 2.09. The smallest absolute Gasteiger partial charge is 0.188 e. The summed E-state index contributed by atoms with van der Waals surface area (Å²) in [7, 11) is 0. The van der Waals surface area contributed by atoms with Crippen molar-refractivity contribution in [3.8, 4) is 0 Å². The lowest BCUT2D eigenvalue weighted by atomic mass is 10.3. The molecular weight excluding hydrogens is 232 g/mol. The molecule has 17 heavy (non-hydrogen) atoms. The zero-order valence-corrected chi connectivity index (χ0v) is 11.3. The molecule has 0 fully saturated rings. The molecule has 1 aromatic heterocycles. The third-order valence-corrected chi connectivity index (χ3v) is 3.15. The van der Waals surface area contributed by atoms with Crippen molar-refractivity contribution in [2.24, 2.45) is 10.7 Å². The summed E-state index contributed by atoms with van der Waals surface area (Å²) in [6.45, 7) is 9.15. The minimum absolute atomic E-state index is 0.471. The van der Waals surface area contributed by atoms with Crippen molar-refractivity contribution in [1.82, 2.24) is 10.3 Å². The van der Waals surface area contributed by atoms with Crippen molar-refractivity contribution < 1.29 is 0 Å². The fraction of sp³-hybridized carbons (Fsp3) is 0.500. The Balaban J connectivity index is 2.27. The normalized spacial score (nSPS) is 11.5. The molecular formula is C12H20N4S. The van der Waals surface area contributed by atoms with Crippen LogP contribution in [0.5, 0.6) is 0 Å². The number of guanidine groups is 1. The van der Waals surface area contributed by atoms with Crippen molar-refractivity contribution >= 4 is 17.3 Å². The third kappa shape index (κ3) is 5.49. The molecule has 1 aromatic rings. The first-order valence-electron chi connectivity index (χ1n) is 5.73. The number of thiazole rings is 1. The van der Waals surface area contributed by atoms with Crippen molar-refractivity contribution in [3.63, 3.8) is 0 Å². The lowest BCUT2D eigenvalue weighted by Gasteiger charge is -2.04. The molecule has 4 nitrogen and oxygen atoms in total. The van der Waals surface area contributed by atoms with Gasteiger partial charge in [0.15, 0.2) is 5.96 Å². The van der Waals surface area contributed by atoms with Gasteiger partial charge in [-0.25, -0.2) is 9.98 Å². The Morgan fingerprint density at radius 2 is 2.41 bits per heavy atom. The first-order chi connectivity index (χ1) is 8.11. The number of aromatic nitrogens is 1. The molecule has 0 saturated heterocycles. The average Bonchev–Trinajstić information content (AvgIpc) is 2.74. The van der Waals surface area contributed by atoms with Gasteiger partial charge in [-0.1, -0.05) is 19.1 Å². The lowest BCUT2D eigenvalue weighted by Crippen LogP contribution is -2.33. The van der Waals surface area contributed by atoms with Gasteiger partial charge in [-0.15, -0.1) is 11.3 Å². The average molecular weight is 252 g/mol. The summed E-state index contributed by atoms with van der Waals surface area (Å²) in [6.07, 6.45) is 1.88. The Bertz CT molecular complexity index is 395. The second-order valence-corrected chi connectivity index (χ2v) is 4.86. The van der Waals surface area contributed by atoms with Crippen molar-refractivity contribution in [2.75, 3.05) is 13.1 Å². The number of hydrogen-bond acceptors (Lipinski definition) is 3. The van der Waals surface area contributed by atoms with E-state index in [9.17, 15) is 0 Å². The van der Waals surface area contributed by atoms with E-state index in [-0.39, 0.29) is 0 Å². The molecule has 0 bridgehead atoms. The minimum atomic E-state index is 0.471. The van der Waals surface area contributed by atoms with Gasteiger partial charge in [-0.3, -0.25) is 0 Å². The van der Waals surface area contributed by atoms with Crippen LogP contribution in [0.15, 0.2) is 22.5 Å². The quantitative estimate of drug-likeness (QED) is 0.460. The topological polar surface area (TPSA) is 63.3 Å². The van der Waals surface area contributed by atoms with E-state index in [1.54, 1.807) is 11.3 Å². The van der Waals surface area contributed by atoms with Gasteiger partial charge in [-0.2, -0.15) is 0 Å². The Labute approximate surface area is 107 Å². The predicted octanol–water partition coefficient (Wildman–Crippen LogP) is 1.73. The predicted molar refractivity (Wildman–Crippen MR) is 74.5 cm³/mol. The summed E-state index contributed by atoms with van der Waals surface area (Å²) in [5.74, 6) is 0.471. The van der Waals surface area contributed by atoms with Gasteiger partial charge in [-0.05, 0) is 13.3 Å². The van der Waals surface area contributed by atoms with E-state index in [1.807, 2.05) is 6.92 Å². The number of aryl methyl sites for hydroxylation is 1. The number of rotatable bonds is 6. The summed E-state index contributed by atoms with van der Waals surface area (Å²) < 4.78 is 0. The summed E-state index contributed by atoms with van der Waals surface area (Å²) in [4.78, 5) is 8.63. The highest BCUT2D eigenvalue weighted by Gasteiger charge is 2.00. The van der Waals surface area contributed by atoms with Crippen LogP contribution in [0.2, 0.25) is 0 Å². The van der Waals surface area contributed by atoms with Crippen molar-refractivity contribution in [2.45, 2.75) is 26.7 Å². The maximum absolute atomic E-state index is 5.70. The van der Waals surface area contributed by atoms with Gasteiger partial charge in [0.2, 0.25) is 0 Å². The van der Waals surface area contributed by atoms with Crippen LogP contribution in [-0.2, 0) is 12.8 Å². The van der Waals surface area contributed by atoms with Gasteiger partial charge in [0.1, 0.15) is 0 Å². The number of nitrogens with two attached hydrogens (primary N) is 1. The van der Waals surface area contributed by atoms with E-state index in [0.717, 1.165) is 30.7 Å². The largest absolute Gasteiger partial charge is 0.370 e. The van der Waals surface area contributed by atoms with Crippen LogP contribution in [0.1, 0.15) is 24.5 Å². The summed E-state index contributed by atoms with van der Waals surface area (Å²) >= 11 is 1.71. The number of aliphatic imine (C=N–C) groups is 1. The molecule has 0 aliphatic heterocycles. The van der Waals surface area contributed by atoms with Crippen LogP contribution in [0, 0.1) is 0 Å². The molecule has 0 saturated carbocycles. The summed E-state index contributed by atoms with van der Waals surface area (Å²) in [6, 6.07) is 0. The summed E-state index contributed by atoms with van der Waals surface area (Å²) in [5.41, 5.74) is 7.82. The Hall–Kier alpha value is -1.36. The molecule has 0 unspecified atom stereocenters. The van der Waals surface area contributed by atoms with Gasteiger partial charge >= 0.3 is 0 Å².